The third-order valence-corrected chi connectivity index (χ3v) is 5.40. The molecule has 0 saturated heterocycles. The number of nitrogens with one attached hydrogen (secondary N) is 1. The van der Waals surface area contributed by atoms with Crippen molar-refractivity contribution in [1.82, 2.24) is 9.78 Å². The number of aliphatic hydroxyl groups is 1. The van der Waals surface area contributed by atoms with Gasteiger partial charge in [-0.05, 0) is 40.0 Å². The highest BCUT2D eigenvalue weighted by molar-refractivity contribution is 9.10. The number of aliphatic hydroxyl groups excluding tert-OH is 1. The molecule has 0 saturated carbocycles. The number of hydrogen-bond donors (Lipinski definition) is 2. The topological polar surface area (TPSA) is 84.2 Å². The quantitative estimate of drug-likeness (QED) is 0.871. The van der Waals surface area contributed by atoms with Crippen molar-refractivity contribution in [1.29, 1.82) is 0 Å². The van der Waals surface area contributed by atoms with E-state index in [1.54, 1.807) is 32.3 Å². The summed E-state index contributed by atoms with van der Waals surface area (Å²) in [7, 11) is -2.07. The Balaban J connectivity index is 2.46. The second kappa shape index (κ2) is 5.55. The zero-order chi connectivity index (χ0) is 14.9. The molecule has 0 unspecified atom stereocenters. The van der Waals surface area contributed by atoms with Crippen molar-refractivity contribution in [3.8, 4) is 0 Å². The summed E-state index contributed by atoms with van der Waals surface area (Å²) in [6.45, 7) is 1.54. The van der Waals surface area contributed by atoms with Gasteiger partial charge in [0.15, 0.2) is 5.82 Å². The van der Waals surface area contributed by atoms with Crippen LogP contribution in [0.5, 0.6) is 0 Å². The SMILES string of the molecule is Cc1cc(CO)cc(S(=O)(=O)Nc2ccn(C)n2)c1Br. The summed E-state index contributed by atoms with van der Waals surface area (Å²) in [4.78, 5) is 0.0761. The molecule has 0 spiro atoms. The van der Waals surface area contributed by atoms with E-state index in [1.165, 1.54) is 10.7 Å². The van der Waals surface area contributed by atoms with Gasteiger partial charge in [0.1, 0.15) is 4.90 Å². The van der Waals surface area contributed by atoms with Crippen molar-refractivity contribution in [3.63, 3.8) is 0 Å². The van der Waals surface area contributed by atoms with Crippen LogP contribution in [0.1, 0.15) is 11.1 Å². The maximum atomic E-state index is 12.4. The molecule has 0 fully saturated rings. The second-order valence-electron chi connectivity index (χ2n) is 4.36. The van der Waals surface area contributed by atoms with Crippen LogP contribution < -0.4 is 4.72 Å². The minimum atomic E-state index is -3.77. The Bertz CT molecular complexity index is 740. The summed E-state index contributed by atoms with van der Waals surface area (Å²) >= 11 is 3.27. The second-order valence-corrected chi connectivity index (χ2v) is 6.81. The first-order valence-corrected chi connectivity index (χ1v) is 8.03. The van der Waals surface area contributed by atoms with Crippen LogP contribution in [0.4, 0.5) is 5.82 Å². The van der Waals surface area contributed by atoms with Gasteiger partial charge in [0.25, 0.3) is 10.0 Å². The fourth-order valence-corrected chi connectivity index (χ4v) is 3.82. The number of hydrogen-bond acceptors (Lipinski definition) is 4. The van der Waals surface area contributed by atoms with Gasteiger partial charge in [0.2, 0.25) is 0 Å². The van der Waals surface area contributed by atoms with Crippen LogP contribution in [0.3, 0.4) is 0 Å². The molecule has 0 amide bonds. The van der Waals surface area contributed by atoms with Crippen LogP contribution in [0.15, 0.2) is 33.8 Å². The average Bonchev–Trinajstić information content (AvgIpc) is 2.76. The standard InChI is InChI=1S/C12H14BrN3O3S/c1-8-5-9(7-17)6-10(12(8)13)20(18,19)15-11-3-4-16(2)14-11/h3-6,17H,7H2,1-2H3,(H,14,15). The molecule has 2 rings (SSSR count). The molecule has 0 bridgehead atoms. The van der Waals surface area contributed by atoms with E-state index in [-0.39, 0.29) is 17.3 Å². The van der Waals surface area contributed by atoms with E-state index >= 15 is 0 Å². The molecule has 8 heteroatoms. The number of aryl methyl sites for hydroxylation is 2. The molecule has 20 heavy (non-hydrogen) atoms. The molecule has 6 nitrogen and oxygen atoms in total. The lowest BCUT2D eigenvalue weighted by Gasteiger charge is -2.11. The number of aromatic nitrogens is 2. The maximum Gasteiger partial charge on any atom is 0.264 e. The van der Waals surface area contributed by atoms with Gasteiger partial charge in [-0.2, -0.15) is 5.10 Å². The monoisotopic (exact) mass is 359 g/mol. The molecule has 0 aliphatic carbocycles. The van der Waals surface area contributed by atoms with Gasteiger partial charge in [0.05, 0.1) is 6.61 Å². The number of rotatable bonds is 4. The molecule has 1 heterocycles. The summed E-state index contributed by atoms with van der Waals surface area (Å²) in [5, 5.41) is 13.2. The van der Waals surface area contributed by atoms with Gasteiger partial charge in [-0.1, -0.05) is 6.07 Å². The van der Waals surface area contributed by atoms with Crippen molar-refractivity contribution in [2.75, 3.05) is 4.72 Å². The van der Waals surface area contributed by atoms with Gasteiger partial charge < -0.3 is 5.11 Å². The molecule has 0 aliphatic heterocycles. The third-order valence-electron chi connectivity index (χ3n) is 2.71. The van der Waals surface area contributed by atoms with Crippen molar-refractivity contribution in [2.24, 2.45) is 7.05 Å². The van der Waals surface area contributed by atoms with Crippen molar-refractivity contribution in [2.45, 2.75) is 18.4 Å². The molecule has 108 valence electrons. The number of nitrogens with zero attached hydrogens (tertiary/aromatic N) is 2. The van der Waals surface area contributed by atoms with Crippen molar-refractivity contribution < 1.29 is 13.5 Å². The molecular weight excluding hydrogens is 346 g/mol. The van der Waals surface area contributed by atoms with Gasteiger partial charge in [-0.15, -0.1) is 0 Å². The highest BCUT2D eigenvalue weighted by Gasteiger charge is 2.21. The highest BCUT2D eigenvalue weighted by Crippen LogP contribution is 2.28. The summed E-state index contributed by atoms with van der Waals surface area (Å²) in [5.74, 6) is 0.242. The summed E-state index contributed by atoms with van der Waals surface area (Å²) in [6.07, 6.45) is 1.64. The van der Waals surface area contributed by atoms with E-state index in [9.17, 15) is 13.5 Å². The van der Waals surface area contributed by atoms with Crippen LogP contribution in [0.25, 0.3) is 0 Å². The summed E-state index contributed by atoms with van der Waals surface area (Å²) in [5.41, 5.74) is 1.27. The Morgan fingerprint density at radius 1 is 1.45 bits per heavy atom. The Hall–Kier alpha value is -1.38. The first kappa shape index (κ1) is 15.0. The summed E-state index contributed by atoms with van der Waals surface area (Å²) in [6, 6.07) is 4.72. The Morgan fingerprint density at radius 2 is 2.15 bits per heavy atom. The first-order valence-electron chi connectivity index (χ1n) is 5.76. The zero-order valence-corrected chi connectivity index (χ0v) is 13.4. The normalized spacial score (nSPS) is 11.6. The average molecular weight is 360 g/mol. The van der Waals surface area contributed by atoms with E-state index in [4.69, 9.17) is 0 Å². The minimum absolute atomic E-state index is 0.0761. The molecule has 0 aliphatic rings. The lowest BCUT2D eigenvalue weighted by atomic mass is 10.1. The van der Waals surface area contributed by atoms with Crippen LogP contribution in [-0.4, -0.2) is 23.3 Å². The molecule has 0 radical (unpaired) electrons. The lowest BCUT2D eigenvalue weighted by molar-refractivity contribution is 0.281. The van der Waals surface area contributed by atoms with Gasteiger partial charge in [-0.3, -0.25) is 9.40 Å². The van der Waals surface area contributed by atoms with Crippen molar-refractivity contribution in [3.05, 3.63) is 40.0 Å². The molecular formula is C12H14BrN3O3S. The van der Waals surface area contributed by atoms with E-state index in [0.29, 0.717) is 10.0 Å². The van der Waals surface area contributed by atoms with E-state index in [0.717, 1.165) is 5.56 Å². The van der Waals surface area contributed by atoms with Gasteiger partial charge in [0, 0.05) is 23.8 Å². The molecule has 2 N–H and O–H groups in total. The van der Waals surface area contributed by atoms with Crippen LogP contribution >= 0.6 is 15.9 Å². The zero-order valence-electron chi connectivity index (χ0n) is 11.0. The fourth-order valence-electron chi connectivity index (χ4n) is 1.76. The lowest BCUT2D eigenvalue weighted by Crippen LogP contribution is -2.15. The molecule has 1 aromatic heterocycles. The number of halogens is 1. The third kappa shape index (κ3) is 3.02. The smallest absolute Gasteiger partial charge is 0.264 e. The number of benzene rings is 1. The Kier molecular flexibility index (Phi) is 4.17. The highest BCUT2D eigenvalue weighted by atomic mass is 79.9. The van der Waals surface area contributed by atoms with Crippen LogP contribution in [0.2, 0.25) is 0 Å². The summed E-state index contributed by atoms with van der Waals surface area (Å²) < 4.78 is 29.1. The Morgan fingerprint density at radius 3 is 2.70 bits per heavy atom. The first-order chi connectivity index (χ1) is 9.33. The largest absolute Gasteiger partial charge is 0.392 e. The number of anilines is 1. The molecule has 1 aromatic carbocycles. The van der Waals surface area contributed by atoms with E-state index in [2.05, 4.69) is 25.8 Å². The van der Waals surface area contributed by atoms with Gasteiger partial charge in [-0.25, -0.2) is 8.42 Å². The minimum Gasteiger partial charge on any atom is -0.392 e. The number of sulfonamides is 1. The van der Waals surface area contributed by atoms with Crippen LogP contribution in [-0.2, 0) is 23.7 Å². The maximum absolute atomic E-state index is 12.4. The van der Waals surface area contributed by atoms with E-state index < -0.39 is 10.0 Å². The van der Waals surface area contributed by atoms with Crippen molar-refractivity contribution >= 4 is 31.8 Å². The van der Waals surface area contributed by atoms with Gasteiger partial charge >= 0.3 is 0 Å². The Labute approximate surface area is 125 Å². The predicted molar refractivity (Wildman–Crippen MR) is 78.8 cm³/mol. The fraction of sp³-hybridized carbons (Fsp3) is 0.250. The molecule has 2 aromatic rings. The predicted octanol–water partition coefficient (Wildman–Crippen LogP) is 1.78. The molecule has 0 atom stereocenters. The van der Waals surface area contributed by atoms with E-state index in [1.807, 2.05) is 0 Å². The van der Waals surface area contributed by atoms with Crippen LogP contribution in [0, 0.1) is 6.92 Å².